The second-order valence-corrected chi connectivity index (χ2v) is 7.23. The number of para-hydroxylation sites is 1. The molecule has 3 amide bonds. The molecule has 1 aliphatic rings. The standard InChI is InChI=1S/C21H25N3O5/c1-21(12-25,11-13-7-8-16(28-2)17(9-13)29-3)24-20(27)22-15-6-4-5-14-10-18(26)23-19(14)15/h4-9,25H,10-12H2,1-3H3,(H,23,26)(H2,22,24,27). The van der Waals surface area contributed by atoms with Gasteiger partial charge in [-0.25, -0.2) is 4.79 Å². The molecule has 1 heterocycles. The molecule has 0 radical (unpaired) electrons. The summed E-state index contributed by atoms with van der Waals surface area (Å²) in [6.07, 6.45) is 0.668. The smallest absolute Gasteiger partial charge is 0.319 e. The number of aliphatic hydroxyl groups excluding tert-OH is 1. The van der Waals surface area contributed by atoms with Crippen LogP contribution < -0.4 is 25.4 Å². The second kappa shape index (κ2) is 8.40. The Labute approximate surface area is 169 Å². The zero-order valence-electron chi connectivity index (χ0n) is 16.7. The zero-order valence-corrected chi connectivity index (χ0v) is 16.7. The molecule has 0 aromatic heterocycles. The van der Waals surface area contributed by atoms with E-state index < -0.39 is 11.6 Å². The Kier molecular flexibility index (Phi) is 5.93. The van der Waals surface area contributed by atoms with Gasteiger partial charge in [0.1, 0.15) is 0 Å². The number of hydrogen-bond donors (Lipinski definition) is 4. The minimum absolute atomic E-state index is 0.108. The van der Waals surface area contributed by atoms with E-state index in [0.717, 1.165) is 11.1 Å². The number of fused-ring (bicyclic) bond motifs is 1. The van der Waals surface area contributed by atoms with Crippen LogP contribution in [-0.2, 0) is 17.6 Å². The van der Waals surface area contributed by atoms with Gasteiger partial charge >= 0.3 is 6.03 Å². The van der Waals surface area contributed by atoms with Crippen molar-refractivity contribution in [1.82, 2.24) is 5.32 Å². The van der Waals surface area contributed by atoms with Gasteiger partial charge in [0.25, 0.3) is 0 Å². The molecule has 29 heavy (non-hydrogen) atoms. The first-order chi connectivity index (χ1) is 13.9. The van der Waals surface area contributed by atoms with Crippen molar-refractivity contribution >= 4 is 23.3 Å². The van der Waals surface area contributed by atoms with Crippen molar-refractivity contribution in [2.24, 2.45) is 0 Å². The molecule has 1 unspecified atom stereocenters. The summed E-state index contributed by atoms with van der Waals surface area (Å²) in [6.45, 7) is 1.49. The minimum atomic E-state index is -0.912. The summed E-state index contributed by atoms with van der Waals surface area (Å²) in [5.41, 5.74) is 1.91. The van der Waals surface area contributed by atoms with Gasteiger partial charge in [-0.15, -0.1) is 0 Å². The lowest BCUT2D eigenvalue weighted by Gasteiger charge is -2.29. The maximum atomic E-state index is 12.6. The van der Waals surface area contributed by atoms with Gasteiger partial charge in [-0.05, 0) is 42.7 Å². The minimum Gasteiger partial charge on any atom is -0.493 e. The highest BCUT2D eigenvalue weighted by molar-refractivity contribution is 6.05. The summed E-state index contributed by atoms with van der Waals surface area (Å²) < 4.78 is 10.6. The molecule has 4 N–H and O–H groups in total. The topological polar surface area (TPSA) is 109 Å². The van der Waals surface area contributed by atoms with E-state index in [4.69, 9.17) is 9.47 Å². The highest BCUT2D eigenvalue weighted by Crippen LogP contribution is 2.31. The van der Waals surface area contributed by atoms with Gasteiger partial charge in [-0.2, -0.15) is 0 Å². The molecule has 0 saturated heterocycles. The molecule has 8 heteroatoms. The van der Waals surface area contributed by atoms with Gasteiger partial charge in [0.05, 0.1) is 44.2 Å². The monoisotopic (exact) mass is 399 g/mol. The van der Waals surface area contributed by atoms with Crippen molar-refractivity contribution in [3.05, 3.63) is 47.5 Å². The third kappa shape index (κ3) is 4.60. The predicted molar refractivity (Wildman–Crippen MR) is 110 cm³/mol. The van der Waals surface area contributed by atoms with Crippen molar-refractivity contribution in [3.63, 3.8) is 0 Å². The molecule has 1 atom stereocenters. The lowest BCUT2D eigenvalue weighted by Crippen LogP contribution is -2.52. The van der Waals surface area contributed by atoms with E-state index in [-0.39, 0.29) is 12.5 Å². The number of methoxy groups -OCH3 is 2. The Balaban J connectivity index is 1.71. The highest BCUT2D eigenvalue weighted by Gasteiger charge is 2.28. The number of carbonyl (C=O) groups excluding carboxylic acids is 2. The van der Waals surface area contributed by atoms with E-state index in [2.05, 4.69) is 16.0 Å². The number of benzene rings is 2. The fourth-order valence-corrected chi connectivity index (χ4v) is 3.36. The first-order valence-electron chi connectivity index (χ1n) is 9.20. The number of nitrogens with one attached hydrogen (secondary N) is 3. The average molecular weight is 399 g/mol. The van der Waals surface area contributed by atoms with Crippen LogP contribution in [0.1, 0.15) is 18.1 Å². The van der Waals surface area contributed by atoms with Gasteiger partial charge in [0.15, 0.2) is 11.5 Å². The van der Waals surface area contributed by atoms with E-state index in [0.29, 0.717) is 35.7 Å². The van der Waals surface area contributed by atoms with Crippen LogP contribution in [-0.4, -0.2) is 43.4 Å². The van der Waals surface area contributed by atoms with Gasteiger partial charge in [-0.3, -0.25) is 4.79 Å². The number of urea groups is 1. The van der Waals surface area contributed by atoms with E-state index in [1.165, 1.54) is 0 Å². The summed E-state index contributed by atoms with van der Waals surface area (Å²) >= 11 is 0. The molecule has 1 aliphatic heterocycles. The van der Waals surface area contributed by atoms with Gasteiger partial charge in [0, 0.05) is 0 Å². The van der Waals surface area contributed by atoms with Crippen LogP contribution in [0.2, 0.25) is 0 Å². The molecular formula is C21H25N3O5. The predicted octanol–water partition coefficient (Wildman–Crippen LogP) is 2.31. The molecule has 0 saturated carbocycles. The Morgan fingerprint density at radius 1 is 1.21 bits per heavy atom. The lowest BCUT2D eigenvalue weighted by molar-refractivity contribution is -0.115. The lowest BCUT2D eigenvalue weighted by atomic mass is 9.93. The third-order valence-corrected chi connectivity index (χ3v) is 4.82. The van der Waals surface area contributed by atoms with Crippen molar-refractivity contribution in [3.8, 4) is 11.5 Å². The Morgan fingerprint density at radius 2 is 1.97 bits per heavy atom. The van der Waals surface area contributed by atoms with E-state index in [9.17, 15) is 14.7 Å². The van der Waals surface area contributed by atoms with Gasteiger partial charge in [-0.1, -0.05) is 18.2 Å². The number of anilines is 2. The van der Waals surface area contributed by atoms with Crippen molar-refractivity contribution in [2.75, 3.05) is 31.5 Å². The Bertz CT molecular complexity index is 931. The number of aliphatic hydroxyl groups is 1. The van der Waals surface area contributed by atoms with E-state index in [1.807, 2.05) is 18.2 Å². The first-order valence-corrected chi connectivity index (χ1v) is 9.20. The van der Waals surface area contributed by atoms with Gasteiger partial charge in [0.2, 0.25) is 5.91 Å². The normalized spacial score (nSPS) is 14.4. The number of rotatable bonds is 7. The third-order valence-electron chi connectivity index (χ3n) is 4.82. The molecular weight excluding hydrogens is 374 g/mol. The number of carbonyl (C=O) groups is 2. The second-order valence-electron chi connectivity index (χ2n) is 7.23. The van der Waals surface area contributed by atoms with E-state index in [1.54, 1.807) is 39.3 Å². The molecule has 2 aromatic carbocycles. The summed E-state index contributed by atoms with van der Waals surface area (Å²) in [5.74, 6) is 1.07. The summed E-state index contributed by atoms with van der Waals surface area (Å²) in [6, 6.07) is 10.3. The maximum Gasteiger partial charge on any atom is 0.319 e. The Hall–Kier alpha value is -3.26. The summed E-state index contributed by atoms with van der Waals surface area (Å²) in [5, 5.41) is 18.3. The molecule has 2 aromatic rings. The van der Waals surface area contributed by atoms with Crippen LogP contribution in [0, 0.1) is 0 Å². The van der Waals surface area contributed by atoms with Crippen molar-refractivity contribution in [1.29, 1.82) is 0 Å². The largest absolute Gasteiger partial charge is 0.493 e. The van der Waals surface area contributed by atoms with Crippen LogP contribution in [0.25, 0.3) is 0 Å². The molecule has 0 aliphatic carbocycles. The molecule has 3 rings (SSSR count). The zero-order chi connectivity index (χ0) is 21.0. The van der Waals surface area contributed by atoms with Gasteiger partial charge < -0.3 is 30.5 Å². The first kappa shape index (κ1) is 20.5. The Morgan fingerprint density at radius 3 is 2.66 bits per heavy atom. The highest BCUT2D eigenvalue weighted by atomic mass is 16.5. The van der Waals surface area contributed by atoms with Crippen LogP contribution >= 0.6 is 0 Å². The molecule has 0 bridgehead atoms. The number of amides is 3. The van der Waals surface area contributed by atoms with Crippen LogP contribution in [0.4, 0.5) is 16.2 Å². The van der Waals surface area contributed by atoms with Crippen LogP contribution in [0.5, 0.6) is 11.5 Å². The van der Waals surface area contributed by atoms with Crippen molar-refractivity contribution < 1.29 is 24.2 Å². The SMILES string of the molecule is COc1ccc(CC(C)(CO)NC(=O)Nc2cccc3c2NC(=O)C3)cc1OC. The summed E-state index contributed by atoms with van der Waals surface area (Å²) in [7, 11) is 3.11. The maximum absolute atomic E-state index is 12.6. The van der Waals surface area contributed by atoms with E-state index >= 15 is 0 Å². The van der Waals surface area contributed by atoms with Crippen molar-refractivity contribution in [2.45, 2.75) is 25.3 Å². The van der Waals surface area contributed by atoms with Crippen LogP contribution in [0.3, 0.4) is 0 Å². The van der Waals surface area contributed by atoms with Crippen LogP contribution in [0.15, 0.2) is 36.4 Å². The quantitative estimate of drug-likeness (QED) is 0.571. The molecule has 154 valence electrons. The fourth-order valence-electron chi connectivity index (χ4n) is 3.36. The fraction of sp³-hybridized carbons (Fsp3) is 0.333. The number of ether oxygens (including phenoxy) is 2. The average Bonchev–Trinajstić information content (AvgIpc) is 3.09. The molecule has 8 nitrogen and oxygen atoms in total. The molecule has 0 fully saturated rings. The molecule has 0 spiro atoms. The summed E-state index contributed by atoms with van der Waals surface area (Å²) in [4.78, 5) is 24.2. The number of hydrogen-bond acceptors (Lipinski definition) is 5.